The van der Waals surface area contributed by atoms with Gasteiger partial charge in [-0.15, -0.1) is 0 Å². The van der Waals surface area contributed by atoms with Gasteiger partial charge in [-0.3, -0.25) is 9.89 Å². The SMILES string of the molecule is COc1cc(C2CC(=O)Nc3n[nH]c(Nc4ccccc4)c32)cc(OC)c1OC. The Morgan fingerprint density at radius 1 is 1.03 bits per heavy atom. The molecule has 150 valence electrons. The first-order valence-corrected chi connectivity index (χ1v) is 9.14. The van der Waals surface area contributed by atoms with E-state index >= 15 is 0 Å². The summed E-state index contributed by atoms with van der Waals surface area (Å²) in [6.07, 6.45) is 0.272. The van der Waals surface area contributed by atoms with Gasteiger partial charge < -0.3 is 24.8 Å². The molecule has 2 aromatic carbocycles. The molecule has 1 aromatic heterocycles. The number of nitrogens with zero attached hydrogens (tertiary/aromatic N) is 1. The molecular weight excluding hydrogens is 372 g/mol. The Balaban J connectivity index is 1.80. The molecule has 4 rings (SSSR count). The quantitative estimate of drug-likeness (QED) is 0.590. The molecule has 0 radical (unpaired) electrons. The number of anilines is 3. The maximum absolute atomic E-state index is 12.3. The number of hydrogen-bond donors (Lipinski definition) is 3. The van der Waals surface area contributed by atoms with Gasteiger partial charge in [-0.1, -0.05) is 18.2 Å². The lowest BCUT2D eigenvalue weighted by Crippen LogP contribution is -2.23. The first-order chi connectivity index (χ1) is 14.1. The van der Waals surface area contributed by atoms with Gasteiger partial charge in [0.1, 0.15) is 5.82 Å². The number of hydrogen-bond acceptors (Lipinski definition) is 6. The average Bonchev–Trinajstić information content (AvgIpc) is 3.14. The van der Waals surface area contributed by atoms with E-state index in [9.17, 15) is 4.79 Å². The molecule has 1 atom stereocenters. The second-order valence-electron chi connectivity index (χ2n) is 6.62. The van der Waals surface area contributed by atoms with Crippen LogP contribution in [0.1, 0.15) is 23.5 Å². The monoisotopic (exact) mass is 394 g/mol. The molecule has 2 heterocycles. The van der Waals surface area contributed by atoms with Gasteiger partial charge in [0.25, 0.3) is 0 Å². The van der Waals surface area contributed by atoms with E-state index in [1.165, 1.54) is 0 Å². The van der Waals surface area contributed by atoms with Crippen molar-refractivity contribution in [2.45, 2.75) is 12.3 Å². The fourth-order valence-corrected chi connectivity index (χ4v) is 3.60. The van der Waals surface area contributed by atoms with Crippen LogP contribution in [0, 0.1) is 0 Å². The van der Waals surface area contributed by atoms with Gasteiger partial charge in [-0.05, 0) is 29.8 Å². The van der Waals surface area contributed by atoms with Gasteiger partial charge in [0.05, 0.1) is 21.3 Å². The lowest BCUT2D eigenvalue weighted by Gasteiger charge is -2.25. The first kappa shape index (κ1) is 18.7. The van der Waals surface area contributed by atoms with E-state index in [0.717, 1.165) is 22.6 Å². The molecule has 29 heavy (non-hydrogen) atoms. The summed E-state index contributed by atoms with van der Waals surface area (Å²) >= 11 is 0. The number of H-pyrrole nitrogens is 1. The molecule has 8 nitrogen and oxygen atoms in total. The second kappa shape index (κ2) is 7.75. The molecule has 0 fully saturated rings. The van der Waals surface area contributed by atoms with Crippen LogP contribution in [0.25, 0.3) is 0 Å². The summed E-state index contributed by atoms with van der Waals surface area (Å²) in [4.78, 5) is 12.3. The van der Waals surface area contributed by atoms with Crippen molar-refractivity contribution in [3.05, 3.63) is 53.6 Å². The number of fused-ring (bicyclic) bond motifs is 1. The predicted molar refractivity (Wildman–Crippen MR) is 110 cm³/mol. The minimum absolute atomic E-state index is 0.103. The van der Waals surface area contributed by atoms with Gasteiger partial charge in [0, 0.05) is 23.6 Å². The molecule has 8 heteroatoms. The topological polar surface area (TPSA) is 97.5 Å². The number of amides is 1. The average molecular weight is 394 g/mol. The smallest absolute Gasteiger partial charge is 0.226 e. The van der Waals surface area contributed by atoms with Crippen molar-refractivity contribution < 1.29 is 19.0 Å². The molecule has 1 amide bonds. The molecule has 0 saturated heterocycles. The highest BCUT2D eigenvalue weighted by Gasteiger charge is 2.33. The maximum Gasteiger partial charge on any atom is 0.226 e. The number of carbonyl (C=O) groups is 1. The summed E-state index contributed by atoms with van der Waals surface area (Å²) in [5.41, 5.74) is 2.66. The molecule has 1 aliphatic rings. The van der Waals surface area contributed by atoms with Crippen molar-refractivity contribution in [2.75, 3.05) is 32.0 Å². The molecule has 3 aromatic rings. The van der Waals surface area contributed by atoms with Crippen molar-refractivity contribution in [3.63, 3.8) is 0 Å². The van der Waals surface area contributed by atoms with Crippen LogP contribution in [0.5, 0.6) is 17.2 Å². The number of ether oxygens (including phenoxy) is 3. The third kappa shape index (κ3) is 3.44. The highest BCUT2D eigenvalue weighted by atomic mass is 16.5. The molecular formula is C21H22N4O4. The summed E-state index contributed by atoms with van der Waals surface area (Å²) in [5, 5.41) is 13.5. The van der Waals surface area contributed by atoms with Crippen LogP contribution in [-0.4, -0.2) is 37.4 Å². The number of benzene rings is 2. The second-order valence-corrected chi connectivity index (χ2v) is 6.62. The van der Waals surface area contributed by atoms with Gasteiger partial charge >= 0.3 is 0 Å². The summed E-state index contributed by atoms with van der Waals surface area (Å²) in [6, 6.07) is 13.5. The Labute approximate surface area is 168 Å². The van der Waals surface area contributed by atoms with E-state index < -0.39 is 0 Å². The molecule has 0 bridgehead atoms. The van der Waals surface area contributed by atoms with Gasteiger partial charge in [0.15, 0.2) is 17.3 Å². The molecule has 0 spiro atoms. The zero-order chi connectivity index (χ0) is 20.4. The van der Waals surface area contributed by atoms with E-state index in [1.807, 2.05) is 42.5 Å². The Morgan fingerprint density at radius 3 is 2.34 bits per heavy atom. The van der Waals surface area contributed by atoms with E-state index in [2.05, 4.69) is 20.8 Å². The Hall–Kier alpha value is -3.68. The van der Waals surface area contributed by atoms with E-state index in [4.69, 9.17) is 14.2 Å². The maximum atomic E-state index is 12.3. The number of rotatable bonds is 6. The number of carbonyl (C=O) groups excluding carboxylic acids is 1. The fourth-order valence-electron chi connectivity index (χ4n) is 3.60. The fraction of sp³-hybridized carbons (Fsp3) is 0.238. The summed E-state index contributed by atoms with van der Waals surface area (Å²) in [6.45, 7) is 0. The summed E-state index contributed by atoms with van der Waals surface area (Å²) in [5.74, 6) is 2.48. The van der Waals surface area contributed by atoms with Crippen molar-refractivity contribution in [1.82, 2.24) is 10.2 Å². The zero-order valence-corrected chi connectivity index (χ0v) is 16.4. The minimum atomic E-state index is -0.239. The lowest BCUT2D eigenvalue weighted by molar-refractivity contribution is -0.116. The molecule has 0 aliphatic carbocycles. The van der Waals surface area contributed by atoms with E-state index in [0.29, 0.717) is 23.1 Å². The Bertz CT molecular complexity index is 1010. The standard InChI is InChI=1S/C21H22N4O4/c1-27-15-9-12(10-16(28-2)19(15)29-3)14-11-17(26)23-21-18(14)20(24-25-21)22-13-7-5-4-6-8-13/h4-10,14H,11H2,1-3H3,(H3,22,23,24,25,26). The third-order valence-corrected chi connectivity index (χ3v) is 4.93. The van der Waals surface area contributed by atoms with Crippen molar-refractivity contribution in [3.8, 4) is 17.2 Å². The zero-order valence-electron chi connectivity index (χ0n) is 16.4. The van der Waals surface area contributed by atoms with Crippen LogP contribution < -0.4 is 24.8 Å². The summed E-state index contributed by atoms with van der Waals surface area (Å²) < 4.78 is 16.4. The van der Waals surface area contributed by atoms with E-state index in [1.54, 1.807) is 21.3 Å². The number of para-hydroxylation sites is 1. The minimum Gasteiger partial charge on any atom is -0.493 e. The third-order valence-electron chi connectivity index (χ3n) is 4.93. The van der Waals surface area contributed by atoms with Gasteiger partial charge in [-0.25, -0.2) is 0 Å². The van der Waals surface area contributed by atoms with E-state index in [-0.39, 0.29) is 18.2 Å². The first-order valence-electron chi connectivity index (χ1n) is 9.14. The molecule has 1 unspecified atom stereocenters. The molecule has 3 N–H and O–H groups in total. The van der Waals surface area contributed by atoms with Crippen LogP contribution in [0.15, 0.2) is 42.5 Å². The Morgan fingerprint density at radius 2 is 1.72 bits per heavy atom. The number of aromatic amines is 1. The van der Waals surface area contributed by atoms with Crippen LogP contribution >= 0.6 is 0 Å². The summed E-state index contributed by atoms with van der Waals surface area (Å²) in [7, 11) is 4.70. The molecule has 1 aliphatic heterocycles. The van der Waals surface area contributed by atoms with Crippen molar-refractivity contribution in [2.24, 2.45) is 0 Å². The largest absolute Gasteiger partial charge is 0.493 e. The van der Waals surface area contributed by atoms with Gasteiger partial charge in [0.2, 0.25) is 11.7 Å². The van der Waals surface area contributed by atoms with Crippen LogP contribution in [0.4, 0.5) is 17.3 Å². The van der Waals surface area contributed by atoms with Crippen LogP contribution in [-0.2, 0) is 4.79 Å². The highest BCUT2D eigenvalue weighted by molar-refractivity contribution is 5.95. The number of nitrogens with one attached hydrogen (secondary N) is 3. The highest BCUT2D eigenvalue weighted by Crippen LogP contribution is 2.46. The van der Waals surface area contributed by atoms with Gasteiger partial charge in [-0.2, -0.15) is 5.10 Å². The normalized spacial score (nSPS) is 15.3. The number of aromatic nitrogens is 2. The Kier molecular flexibility index (Phi) is 4.99. The predicted octanol–water partition coefficient (Wildman–Crippen LogP) is 3.65. The van der Waals surface area contributed by atoms with Crippen molar-refractivity contribution >= 4 is 23.2 Å². The number of methoxy groups -OCH3 is 3. The lowest BCUT2D eigenvalue weighted by atomic mass is 9.86. The van der Waals surface area contributed by atoms with Crippen molar-refractivity contribution in [1.29, 1.82) is 0 Å². The van der Waals surface area contributed by atoms with Crippen LogP contribution in [0.3, 0.4) is 0 Å². The molecule has 0 saturated carbocycles. The van der Waals surface area contributed by atoms with Crippen LogP contribution in [0.2, 0.25) is 0 Å².